The van der Waals surface area contributed by atoms with Crippen molar-refractivity contribution in [2.75, 3.05) is 0 Å². The van der Waals surface area contributed by atoms with Gasteiger partial charge >= 0.3 is 0 Å². The van der Waals surface area contributed by atoms with Crippen molar-refractivity contribution in [3.05, 3.63) is 46.5 Å². The molecular weight excluding hydrogens is 172 g/mol. The van der Waals surface area contributed by atoms with Crippen LogP contribution in [0.4, 0.5) is 0 Å². The van der Waals surface area contributed by atoms with Crippen LogP contribution in [0.25, 0.3) is 0 Å². The summed E-state index contributed by atoms with van der Waals surface area (Å²) in [5, 5.41) is 11.7. The van der Waals surface area contributed by atoms with Crippen molar-refractivity contribution >= 4 is 11.3 Å². The van der Waals surface area contributed by atoms with Gasteiger partial charge in [-0.25, -0.2) is 0 Å². The van der Waals surface area contributed by atoms with Gasteiger partial charge in [-0.2, -0.15) is 0 Å². The minimum Gasteiger partial charge on any atom is -0.472 e. The number of furan rings is 1. The molecule has 62 valence electrons. The lowest BCUT2D eigenvalue weighted by Crippen LogP contribution is -1.93. The SMILES string of the molecule is O[C@@H](c1ccoc1)c1cccs1. The van der Waals surface area contributed by atoms with Gasteiger partial charge in [-0.15, -0.1) is 11.3 Å². The lowest BCUT2D eigenvalue weighted by molar-refractivity contribution is 0.223. The predicted octanol–water partition coefficient (Wildman–Crippen LogP) is 2.42. The van der Waals surface area contributed by atoms with E-state index in [4.69, 9.17) is 4.42 Å². The molecule has 3 heteroatoms. The Morgan fingerprint density at radius 1 is 1.42 bits per heavy atom. The van der Waals surface area contributed by atoms with E-state index in [9.17, 15) is 5.11 Å². The maximum absolute atomic E-state index is 9.72. The monoisotopic (exact) mass is 180 g/mol. The molecule has 1 N–H and O–H groups in total. The summed E-state index contributed by atoms with van der Waals surface area (Å²) in [5.74, 6) is 0. The van der Waals surface area contributed by atoms with Crippen LogP contribution in [0.5, 0.6) is 0 Å². The molecule has 2 aromatic rings. The van der Waals surface area contributed by atoms with Crippen LogP contribution in [-0.2, 0) is 0 Å². The first-order chi connectivity index (χ1) is 5.88. The van der Waals surface area contributed by atoms with E-state index in [1.54, 1.807) is 18.6 Å². The van der Waals surface area contributed by atoms with E-state index < -0.39 is 6.10 Å². The first kappa shape index (κ1) is 7.58. The van der Waals surface area contributed by atoms with Crippen LogP contribution in [0.15, 0.2) is 40.5 Å². The summed E-state index contributed by atoms with van der Waals surface area (Å²) in [6.07, 6.45) is 2.58. The zero-order valence-corrected chi connectivity index (χ0v) is 7.12. The zero-order chi connectivity index (χ0) is 8.39. The molecule has 0 fully saturated rings. The molecule has 2 aromatic heterocycles. The highest BCUT2D eigenvalue weighted by Gasteiger charge is 2.11. The lowest BCUT2D eigenvalue weighted by atomic mass is 10.2. The summed E-state index contributed by atoms with van der Waals surface area (Å²) < 4.78 is 4.88. The van der Waals surface area contributed by atoms with Gasteiger partial charge in [0.15, 0.2) is 0 Å². The van der Waals surface area contributed by atoms with Crippen molar-refractivity contribution < 1.29 is 9.52 Å². The third kappa shape index (κ3) is 1.29. The molecule has 0 saturated carbocycles. The largest absolute Gasteiger partial charge is 0.472 e. The highest BCUT2D eigenvalue weighted by Crippen LogP contribution is 2.25. The second-order valence-corrected chi connectivity index (χ2v) is 3.45. The number of thiophene rings is 1. The van der Waals surface area contributed by atoms with Crippen LogP contribution in [0.3, 0.4) is 0 Å². The van der Waals surface area contributed by atoms with Crippen LogP contribution in [0.1, 0.15) is 16.5 Å². The average Bonchev–Trinajstić information content (AvgIpc) is 2.77. The van der Waals surface area contributed by atoms with Gasteiger partial charge in [0.1, 0.15) is 6.10 Å². The number of hydrogen-bond acceptors (Lipinski definition) is 3. The van der Waals surface area contributed by atoms with E-state index in [0.29, 0.717) is 0 Å². The van der Waals surface area contributed by atoms with Crippen molar-refractivity contribution in [3.8, 4) is 0 Å². The van der Waals surface area contributed by atoms with E-state index in [-0.39, 0.29) is 0 Å². The summed E-state index contributed by atoms with van der Waals surface area (Å²) in [7, 11) is 0. The molecule has 0 aliphatic carbocycles. The molecule has 0 spiro atoms. The molecule has 0 bridgehead atoms. The highest BCUT2D eigenvalue weighted by atomic mass is 32.1. The maximum Gasteiger partial charge on any atom is 0.116 e. The van der Waals surface area contributed by atoms with Crippen LogP contribution in [-0.4, -0.2) is 5.11 Å². The Morgan fingerprint density at radius 3 is 2.92 bits per heavy atom. The number of rotatable bonds is 2. The molecule has 2 heterocycles. The van der Waals surface area contributed by atoms with Gasteiger partial charge in [-0.05, 0) is 17.5 Å². The first-order valence-corrected chi connectivity index (χ1v) is 4.49. The van der Waals surface area contributed by atoms with Gasteiger partial charge in [-0.1, -0.05) is 6.07 Å². The fourth-order valence-corrected chi connectivity index (χ4v) is 1.78. The molecule has 0 saturated heterocycles. The molecular formula is C9H8O2S. The minimum atomic E-state index is -0.538. The van der Waals surface area contributed by atoms with Crippen LogP contribution < -0.4 is 0 Å². The van der Waals surface area contributed by atoms with E-state index in [1.165, 1.54) is 11.3 Å². The first-order valence-electron chi connectivity index (χ1n) is 3.61. The number of aliphatic hydroxyl groups is 1. The van der Waals surface area contributed by atoms with Crippen molar-refractivity contribution in [1.82, 2.24) is 0 Å². The van der Waals surface area contributed by atoms with Gasteiger partial charge in [0.2, 0.25) is 0 Å². The standard InChI is InChI=1S/C9H8O2S/c10-9(7-3-4-11-6-7)8-2-1-5-12-8/h1-6,9-10H/t9-/m0/s1. The van der Waals surface area contributed by atoms with E-state index in [0.717, 1.165) is 10.4 Å². The Hall–Kier alpha value is -1.06. The van der Waals surface area contributed by atoms with Crippen molar-refractivity contribution in [1.29, 1.82) is 0 Å². The molecule has 0 aliphatic heterocycles. The molecule has 0 aromatic carbocycles. The Balaban J connectivity index is 2.27. The average molecular weight is 180 g/mol. The Bertz CT molecular complexity index is 289. The number of aliphatic hydroxyl groups excluding tert-OH is 1. The second-order valence-electron chi connectivity index (χ2n) is 2.47. The van der Waals surface area contributed by atoms with Crippen LogP contribution >= 0.6 is 11.3 Å². The minimum absolute atomic E-state index is 0.538. The quantitative estimate of drug-likeness (QED) is 0.770. The fraction of sp³-hybridized carbons (Fsp3) is 0.111. The van der Waals surface area contributed by atoms with Crippen molar-refractivity contribution in [2.45, 2.75) is 6.10 Å². The van der Waals surface area contributed by atoms with Gasteiger partial charge in [0, 0.05) is 10.4 Å². The Morgan fingerprint density at radius 2 is 2.33 bits per heavy atom. The molecule has 0 aliphatic rings. The maximum atomic E-state index is 9.72. The van der Waals surface area contributed by atoms with E-state index >= 15 is 0 Å². The molecule has 0 radical (unpaired) electrons. The van der Waals surface area contributed by atoms with Crippen LogP contribution in [0, 0.1) is 0 Å². The number of hydrogen-bond donors (Lipinski definition) is 1. The summed E-state index contributed by atoms with van der Waals surface area (Å²) in [5.41, 5.74) is 0.803. The lowest BCUT2D eigenvalue weighted by Gasteiger charge is -2.03. The van der Waals surface area contributed by atoms with Crippen molar-refractivity contribution in [3.63, 3.8) is 0 Å². The third-order valence-electron chi connectivity index (χ3n) is 1.67. The molecule has 2 rings (SSSR count). The Labute approximate surface area is 74.1 Å². The second kappa shape index (κ2) is 3.13. The molecule has 0 amide bonds. The van der Waals surface area contributed by atoms with Gasteiger partial charge in [0.05, 0.1) is 12.5 Å². The molecule has 12 heavy (non-hydrogen) atoms. The van der Waals surface area contributed by atoms with Gasteiger partial charge in [0.25, 0.3) is 0 Å². The van der Waals surface area contributed by atoms with Gasteiger partial charge in [-0.3, -0.25) is 0 Å². The summed E-state index contributed by atoms with van der Waals surface area (Å²) >= 11 is 1.54. The zero-order valence-electron chi connectivity index (χ0n) is 6.31. The molecule has 2 nitrogen and oxygen atoms in total. The Kier molecular flexibility index (Phi) is 1.98. The predicted molar refractivity (Wildman–Crippen MR) is 47.1 cm³/mol. The normalized spacial score (nSPS) is 13.1. The molecule has 0 unspecified atom stereocenters. The topological polar surface area (TPSA) is 33.4 Å². The van der Waals surface area contributed by atoms with E-state index in [2.05, 4.69) is 0 Å². The highest BCUT2D eigenvalue weighted by molar-refractivity contribution is 7.10. The summed E-state index contributed by atoms with van der Waals surface area (Å²) in [4.78, 5) is 0.941. The van der Waals surface area contributed by atoms with E-state index in [1.807, 2.05) is 17.5 Å². The third-order valence-corrected chi connectivity index (χ3v) is 2.60. The fourth-order valence-electron chi connectivity index (χ4n) is 1.04. The summed E-state index contributed by atoms with van der Waals surface area (Å²) in [6.45, 7) is 0. The van der Waals surface area contributed by atoms with Crippen molar-refractivity contribution in [2.24, 2.45) is 0 Å². The summed E-state index contributed by atoms with van der Waals surface area (Å²) in [6, 6.07) is 5.59. The molecule has 1 atom stereocenters. The smallest absolute Gasteiger partial charge is 0.116 e. The van der Waals surface area contributed by atoms with Crippen LogP contribution in [0.2, 0.25) is 0 Å². The van der Waals surface area contributed by atoms with Gasteiger partial charge < -0.3 is 9.52 Å².